The number of aromatic amines is 1. The predicted molar refractivity (Wildman–Crippen MR) is 58.4 cm³/mol. The van der Waals surface area contributed by atoms with Crippen LogP contribution in [0.15, 0.2) is 34.6 Å². The Kier molecular flexibility index (Phi) is 3.14. The quantitative estimate of drug-likeness (QED) is 0.852. The summed E-state index contributed by atoms with van der Waals surface area (Å²) in [5, 5.41) is 7.96. The van der Waals surface area contributed by atoms with Crippen LogP contribution < -0.4 is 10.3 Å². The molecule has 0 fully saturated rings. The Bertz CT molecular complexity index is 464. The molecule has 2 rings (SSSR count). The van der Waals surface area contributed by atoms with Crippen LogP contribution in [0.2, 0.25) is 0 Å². The van der Waals surface area contributed by atoms with Crippen molar-refractivity contribution in [2.45, 2.75) is 6.42 Å². The average molecular weight is 222 g/mol. The van der Waals surface area contributed by atoms with Gasteiger partial charge in [0.25, 0.3) is 5.56 Å². The highest BCUT2D eigenvalue weighted by Gasteiger charge is 1.97. The van der Waals surface area contributed by atoms with Gasteiger partial charge in [0.1, 0.15) is 5.75 Å². The SMILES string of the molecule is O=c1cc(OCCc2cccs2)cn[nH]1. The van der Waals surface area contributed by atoms with E-state index in [1.807, 2.05) is 11.4 Å². The van der Waals surface area contributed by atoms with Crippen molar-refractivity contribution < 1.29 is 4.74 Å². The third-order valence-corrected chi connectivity index (χ3v) is 2.77. The second-order valence-electron chi connectivity index (χ2n) is 2.96. The molecule has 2 heterocycles. The third-order valence-electron chi connectivity index (χ3n) is 1.84. The van der Waals surface area contributed by atoms with Crippen LogP contribution in [0, 0.1) is 0 Å². The number of nitrogens with one attached hydrogen (secondary N) is 1. The minimum Gasteiger partial charge on any atom is -0.491 e. The lowest BCUT2D eigenvalue weighted by Crippen LogP contribution is -2.08. The van der Waals surface area contributed by atoms with Gasteiger partial charge in [-0.25, -0.2) is 5.10 Å². The lowest BCUT2D eigenvalue weighted by atomic mass is 10.4. The number of nitrogens with zero attached hydrogens (tertiary/aromatic N) is 1. The minimum atomic E-state index is -0.247. The van der Waals surface area contributed by atoms with Crippen LogP contribution in [0.5, 0.6) is 5.75 Å². The lowest BCUT2D eigenvalue weighted by molar-refractivity contribution is 0.320. The maximum absolute atomic E-state index is 10.9. The van der Waals surface area contributed by atoms with Crippen molar-refractivity contribution in [1.29, 1.82) is 0 Å². The first-order chi connectivity index (χ1) is 7.34. The minimum absolute atomic E-state index is 0.247. The Morgan fingerprint density at radius 1 is 1.53 bits per heavy atom. The summed E-state index contributed by atoms with van der Waals surface area (Å²) < 4.78 is 5.38. The van der Waals surface area contributed by atoms with Gasteiger partial charge >= 0.3 is 0 Å². The normalized spacial score (nSPS) is 10.1. The summed E-state index contributed by atoms with van der Waals surface area (Å²) in [7, 11) is 0. The summed E-state index contributed by atoms with van der Waals surface area (Å²) in [6.45, 7) is 0.561. The molecular weight excluding hydrogens is 212 g/mol. The average Bonchev–Trinajstić information content (AvgIpc) is 2.71. The van der Waals surface area contributed by atoms with Gasteiger partial charge in [-0.2, -0.15) is 5.10 Å². The van der Waals surface area contributed by atoms with E-state index in [1.54, 1.807) is 11.3 Å². The molecule has 0 aromatic carbocycles. The van der Waals surface area contributed by atoms with Crippen LogP contribution in [0.1, 0.15) is 4.88 Å². The molecule has 0 amide bonds. The summed E-state index contributed by atoms with van der Waals surface area (Å²) in [5.74, 6) is 0.510. The summed E-state index contributed by atoms with van der Waals surface area (Å²) in [5.41, 5.74) is -0.247. The molecule has 0 spiro atoms. The largest absolute Gasteiger partial charge is 0.491 e. The van der Waals surface area contributed by atoms with E-state index in [0.717, 1.165) is 6.42 Å². The van der Waals surface area contributed by atoms with Gasteiger partial charge in [-0.3, -0.25) is 4.79 Å². The highest BCUT2D eigenvalue weighted by Crippen LogP contribution is 2.10. The molecule has 0 bridgehead atoms. The maximum Gasteiger partial charge on any atom is 0.267 e. The molecule has 1 N–H and O–H groups in total. The molecule has 2 aromatic rings. The molecule has 0 saturated carbocycles. The van der Waals surface area contributed by atoms with Gasteiger partial charge < -0.3 is 4.74 Å². The van der Waals surface area contributed by atoms with Crippen molar-refractivity contribution in [2.24, 2.45) is 0 Å². The van der Waals surface area contributed by atoms with Crippen molar-refractivity contribution >= 4 is 11.3 Å². The van der Waals surface area contributed by atoms with E-state index in [4.69, 9.17) is 4.74 Å². The molecule has 0 radical (unpaired) electrons. The number of hydrogen-bond acceptors (Lipinski definition) is 4. The predicted octanol–water partition coefficient (Wildman–Crippen LogP) is 1.45. The van der Waals surface area contributed by atoms with Gasteiger partial charge in [0, 0.05) is 17.4 Å². The monoisotopic (exact) mass is 222 g/mol. The number of rotatable bonds is 4. The van der Waals surface area contributed by atoms with E-state index in [0.29, 0.717) is 12.4 Å². The standard InChI is InChI=1S/C10H10N2O2S/c13-10-6-8(7-11-12-10)14-4-3-9-2-1-5-15-9/h1-2,5-7H,3-4H2,(H,12,13). The molecule has 0 aliphatic heterocycles. The molecule has 78 valence electrons. The Balaban J connectivity index is 1.86. The summed E-state index contributed by atoms with van der Waals surface area (Å²) >= 11 is 1.70. The second kappa shape index (κ2) is 4.75. The lowest BCUT2D eigenvalue weighted by Gasteiger charge is -2.02. The molecule has 0 unspecified atom stereocenters. The summed E-state index contributed by atoms with van der Waals surface area (Å²) in [4.78, 5) is 12.2. The fraction of sp³-hybridized carbons (Fsp3) is 0.200. The third kappa shape index (κ3) is 2.92. The van der Waals surface area contributed by atoms with Crippen LogP contribution in [-0.2, 0) is 6.42 Å². The zero-order valence-corrected chi connectivity index (χ0v) is 8.79. The van der Waals surface area contributed by atoms with Gasteiger partial charge in [-0.05, 0) is 11.4 Å². The Morgan fingerprint density at radius 3 is 3.20 bits per heavy atom. The van der Waals surface area contributed by atoms with E-state index in [-0.39, 0.29) is 5.56 Å². The van der Waals surface area contributed by atoms with Crippen molar-refractivity contribution in [3.8, 4) is 5.75 Å². The Hall–Kier alpha value is -1.62. The van der Waals surface area contributed by atoms with Crippen LogP contribution in [0.4, 0.5) is 0 Å². The zero-order valence-electron chi connectivity index (χ0n) is 7.97. The number of thiophene rings is 1. The number of ether oxygens (including phenoxy) is 1. The number of H-pyrrole nitrogens is 1. The van der Waals surface area contributed by atoms with Gasteiger partial charge in [0.2, 0.25) is 0 Å². The summed E-state index contributed by atoms with van der Waals surface area (Å²) in [6.07, 6.45) is 2.35. The van der Waals surface area contributed by atoms with Crippen molar-refractivity contribution in [3.05, 3.63) is 45.0 Å². The highest BCUT2D eigenvalue weighted by atomic mass is 32.1. The van der Waals surface area contributed by atoms with Crippen molar-refractivity contribution in [2.75, 3.05) is 6.61 Å². The first-order valence-electron chi connectivity index (χ1n) is 4.54. The van der Waals surface area contributed by atoms with Gasteiger partial charge in [0.15, 0.2) is 0 Å². The molecular formula is C10H10N2O2S. The van der Waals surface area contributed by atoms with Gasteiger partial charge in [-0.1, -0.05) is 6.07 Å². The Morgan fingerprint density at radius 2 is 2.47 bits per heavy atom. The molecule has 0 aliphatic carbocycles. The molecule has 5 heteroatoms. The molecule has 0 saturated heterocycles. The highest BCUT2D eigenvalue weighted by molar-refractivity contribution is 7.09. The fourth-order valence-electron chi connectivity index (χ4n) is 1.16. The molecule has 4 nitrogen and oxygen atoms in total. The first kappa shape index (κ1) is 9.92. The fourth-order valence-corrected chi connectivity index (χ4v) is 1.85. The molecule has 0 atom stereocenters. The van der Waals surface area contributed by atoms with E-state index < -0.39 is 0 Å². The Labute approximate surface area is 90.5 Å². The van der Waals surface area contributed by atoms with Crippen LogP contribution in [-0.4, -0.2) is 16.8 Å². The number of aromatic nitrogens is 2. The topological polar surface area (TPSA) is 55.0 Å². The van der Waals surface area contributed by atoms with Gasteiger partial charge in [-0.15, -0.1) is 11.3 Å². The summed E-state index contributed by atoms with van der Waals surface area (Å²) in [6, 6.07) is 5.46. The first-order valence-corrected chi connectivity index (χ1v) is 5.42. The second-order valence-corrected chi connectivity index (χ2v) is 3.99. The smallest absolute Gasteiger partial charge is 0.267 e. The molecule has 2 aromatic heterocycles. The van der Waals surface area contributed by atoms with Crippen molar-refractivity contribution in [3.63, 3.8) is 0 Å². The van der Waals surface area contributed by atoms with Crippen LogP contribution in [0.3, 0.4) is 0 Å². The van der Waals surface area contributed by atoms with Gasteiger partial charge in [0.05, 0.1) is 12.8 Å². The van der Waals surface area contributed by atoms with Crippen molar-refractivity contribution in [1.82, 2.24) is 10.2 Å². The maximum atomic E-state index is 10.9. The molecule has 0 aliphatic rings. The van der Waals surface area contributed by atoms with Crippen LogP contribution >= 0.6 is 11.3 Å². The van der Waals surface area contributed by atoms with Crippen LogP contribution in [0.25, 0.3) is 0 Å². The number of hydrogen-bond donors (Lipinski definition) is 1. The zero-order chi connectivity index (χ0) is 10.5. The van der Waals surface area contributed by atoms with E-state index in [9.17, 15) is 4.79 Å². The van der Waals surface area contributed by atoms with E-state index in [2.05, 4.69) is 16.3 Å². The van der Waals surface area contributed by atoms with E-state index >= 15 is 0 Å². The molecule has 15 heavy (non-hydrogen) atoms. The van der Waals surface area contributed by atoms with E-state index in [1.165, 1.54) is 17.1 Å².